The van der Waals surface area contributed by atoms with Crippen LogP contribution in [-0.2, 0) is 17.4 Å². The molecule has 3 aromatic rings. The number of hydrogen-bond donors (Lipinski definition) is 3. The molecule has 206 valence electrons. The summed E-state index contributed by atoms with van der Waals surface area (Å²) in [7, 11) is -1.15. The van der Waals surface area contributed by atoms with E-state index in [1.54, 1.807) is 6.20 Å². The number of benzene rings is 1. The standard InChI is InChI=1S/C29H37N7OS2/c1-28(2,3)39(37)35-24-20-7-5-4-6-19(20)16-29(24)11-14-36(15-12-29)22-17-33-27(26(31)34-22)38-21-10-13-32-25(30)23(21)18-8-9-18/h4-7,10,13,17-18,24,35H,8-9,11-12,14-16H2,1-3H3,(H2,30,32)(H2,31,34)/t24-,39-/m1/s1. The van der Waals surface area contributed by atoms with E-state index >= 15 is 0 Å². The molecule has 2 fully saturated rings. The van der Waals surface area contributed by atoms with Gasteiger partial charge in [0, 0.05) is 29.7 Å². The number of nitrogen functional groups attached to an aromatic ring is 2. The smallest absolute Gasteiger partial charge is 0.158 e. The number of nitrogens with one attached hydrogen (secondary N) is 1. The number of anilines is 3. The predicted molar refractivity (Wildman–Crippen MR) is 159 cm³/mol. The average molecular weight is 564 g/mol. The molecule has 1 saturated carbocycles. The van der Waals surface area contributed by atoms with Gasteiger partial charge in [-0.05, 0) is 81.4 Å². The zero-order valence-electron chi connectivity index (χ0n) is 22.8. The lowest BCUT2D eigenvalue weighted by atomic mass is 9.73. The van der Waals surface area contributed by atoms with Gasteiger partial charge in [-0.25, -0.2) is 23.9 Å². The van der Waals surface area contributed by atoms with Crippen LogP contribution in [0.3, 0.4) is 0 Å². The number of nitrogens with two attached hydrogens (primary N) is 2. The second kappa shape index (κ2) is 10.1. The van der Waals surface area contributed by atoms with Gasteiger partial charge >= 0.3 is 0 Å². The summed E-state index contributed by atoms with van der Waals surface area (Å²) in [5.74, 6) is 2.32. The number of aromatic nitrogens is 3. The Bertz CT molecular complexity index is 1410. The minimum atomic E-state index is -1.15. The van der Waals surface area contributed by atoms with Gasteiger partial charge in [-0.3, -0.25) is 0 Å². The summed E-state index contributed by atoms with van der Waals surface area (Å²) in [4.78, 5) is 17.1. The van der Waals surface area contributed by atoms with Gasteiger partial charge in [-0.1, -0.05) is 36.0 Å². The fourth-order valence-corrected chi connectivity index (χ4v) is 7.89. The van der Waals surface area contributed by atoms with Gasteiger partial charge in [0.25, 0.3) is 0 Å². The van der Waals surface area contributed by atoms with Crippen molar-refractivity contribution in [1.29, 1.82) is 0 Å². The van der Waals surface area contributed by atoms with Crippen LogP contribution in [0.25, 0.3) is 0 Å². The molecule has 2 aliphatic carbocycles. The quantitative estimate of drug-likeness (QED) is 0.383. The van der Waals surface area contributed by atoms with Gasteiger partial charge < -0.3 is 16.4 Å². The van der Waals surface area contributed by atoms with Crippen molar-refractivity contribution in [3.05, 3.63) is 59.4 Å². The summed E-state index contributed by atoms with van der Waals surface area (Å²) in [6.07, 6.45) is 8.82. The lowest BCUT2D eigenvalue weighted by Crippen LogP contribution is -2.48. The van der Waals surface area contributed by atoms with E-state index in [0.29, 0.717) is 22.6 Å². The SMILES string of the molecule is CC(C)(C)[S@@](=O)N[C@@H]1c2ccccc2CC12CCN(c1cnc(Sc3ccnc(N)c3C3CC3)c(N)n1)CC2. The first-order valence-electron chi connectivity index (χ1n) is 13.7. The van der Waals surface area contributed by atoms with E-state index in [1.165, 1.54) is 22.9 Å². The van der Waals surface area contributed by atoms with Gasteiger partial charge in [-0.2, -0.15) is 0 Å². The lowest BCUT2D eigenvalue weighted by Gasteiger charge is -2.44. The Kier molecular flexibility index (Phi) is 6.84. The molecule has 0 amide bonds. The molecule has 1 aromatic carbocycles. The number of hydrogen-bond acceptors (Lipinski definition) is 8. The van der Waals surface area contributed by atoms with Crippen LogP contribution in [0.4, 0.5) is 17.5 Å². The third-order valence-electron chi connectivity index (χ3n) is 8.31. The first kappa shape index (κ1) is 26.5. The molecule has 2 aromatic heterocycles. The Morgan fingerprint density at radius 3 is 2.51 bits per heavy atom. The Labute approximate surface area is 237 Å². The lowest BCUT2D eigenvalue weighted by molar-refractivity contribution is 0.177. The van der Waals surface area contributed by atoms with Crippen molar-refractivity contribution in [3.63, 3.8) is 0 Å². The highest BCUT2D eigenvalue weighted by molar-refractivity contribution is 7.99. The first-order valence-corrected chi connectivity index (χ1v) is 15.7. The summed E-state index contributed by atoms with van der Waals surface area (Å²) >= 11 is 1.52. The van der Waals surface area contributed by atoms with Gasteiger partial charge in [0.2, 0.25) is 0 Å². The van der Waals surface area contributed by atoms with E-state index in [2.05, 4.69) is 38.9 Å². The van der Waals surface area contributed by atoms with E-state index in [-0.39, 0.29) is 16.2 Å². The number of rotatable bonds is 6. The van der Waals surface area contributed by atoms with Crippen LogP contribution in [0.1, 0.15) is 75.1 Å². The van der Waals surface area contributed by atoms with Crippen LogP contribution < -0.4 is 21.1 Å². The summed E-state index contributed by atoms with van der Waals surface area (Å²) in [5, 5.41) is 0.694. The molecule has 1 aliphatic heterocycles. The zero-order chi connectivity index (χ0) is 27.4. The van der Waals surface area contributed by atoms with Crippen LogP contribution in [0.5, 0.6) is 0 Å². The largest absolute Gasteiger partial charge is 0.383 e. The molecule has 5 N–H and O–H groups in total. The number of piperidine rings is 1. The molecule has 3 aliphatic rings. The molecule has 6 rings (SSSR count). The maximum atomic E-state index is 13.2. The third kappa shape index (κ3) is 5.14. The highest BCUT2D eigenvalue weighted by atomic mass is 32.2. The highest BCUT2D eigenvalue weighted by Crippen LogP contribution is 2.53. The van der Waals surface area contributed by atoms with Crippen LogP contribution in [-0.4, -0.2) is 37.0 Å². The maximum absolute atomic E-state index is 13.2. The van der Waals surface area contributed by atoms with Crippen LogP contribution >= 0.6 is 11.8 Å². The molecule has 0 unspecified atom stereocenters. The molecule has 1 saturated heterocycles. The molecular formula is C29H37N7OS2. The topological polar surface area (TPSA) is 123 Å². The third-order valence-corrected chi connectivity index (χ3v) is 11.0. The molecule has 0 bridgehead atoms. The van der Waals surface area contributed by atoms with Crippen molar-refractivity contribution in [2.24, 2.45) is 5.41 Å². The fraction of sp³-hybridized carbons (Fsp3) is 0.483. The first-order chi connectivity index (χ1) is 18.6. The molecule has 39 heavy (non-hydrogen) atoms. The Morgan fingerprint density at radius 1 is 1.08 bits per heavy atom. The van der Waals surface area contributed by atoms with Crippen molar-refractivity contribution >= 4 is 40.2 Å². The average Bonchev–Trinajstić information content (AvgIpc) is 3.69. The number of fused-ring (bicyclic) bond motifs is 1. The minimum absolute atomic E-state index is 0.0242. The van der Waals surface area contributed by atoms with Crippen LogP contribution in [0.2, 0.25) is 0 Å². The number of nitrogens with zero attached hydrogens (tertiary/aromatic N) is 4. The summed E-state index contributed by atoms with van der Waals surface area (Å²) < 4.78 is 16.4. The van der Waals surface area contributed by atoms with E-state index < -0.39 is 11.0 Å². The number of pyridine rings is 1. The molecule has 0 radical (unpaired) electrons. The Morgan fingerprint density at radius 2 is 1.82 bits per heavy atom. The molecule has 1 spiro atoms. The zero-order valence-corrected chi connectivity index (χ0v) is 24.4. The maximum Gasteiger partial charge on any atom is 0.158 e. The van der Waals surface area contributed by atoms with Crippen LogP contribution in [0.15, 0.2) is 52.6 Å². The molecule has 3 heterocycles. The summed E-state index contributed by atoms with van der Waals surface area (Å²) in [6.45, 7) is 7.76. The highest BCUT2D eigenvalue weighted by Gasteiger charge is 2.49. The normalized spacial score (nSPS) is 21.2. The van der Waals surface area contributed by atoms with Crippen molar-refractivity contribution in [2.45, 2.75) is 79.5 Å². The van der Waals surface area contributed by atoms with Crippen molar-refractivity contribution < 1.29 is 4.21 Å². The molecule has 8 nitrogen and oxygen atoms in total. The van der Waals surface area contributed by atoms with E-state index in [1.807, 2.05) is 33.0 Å². The predicted octanol–water partition coefficient (Wildman–Crippen LogP) is 5.00. The fourth-order valence-electron chi connectivity index (χ4n) is 5.97. The molecule has 2 atom stereocenters. The summed E-state index contributed by atoms with van der Waals surface area (Å²) in [5.41, 5.74) is 16.4. The second-order valence-corrected chi connectivity index (χ2v) is 15.1. The molecular weight excluding hydrogens is 527 g/mol. The van der Waals surface area contributed by atoms with Gasteiger partial charge in [0.15, 0.2) is 5.82 Å². The van der Waals surface area contributed by atoms with Crippen LogP contribution in [0, 0.1) is 5.41 Å². The molecule has 10 heteroatoms. The van der Waals surface area contributed by atoms with Crippen molar-refractivity contribution in [3.8, 4) is 0 Å². The van der Waals surface area contributed by atoms with Gasteiger partial charge in [0.1, 0.15) is 16.7 Å². The second-order valence-electron chi connectivity index (χ2n) is 12.1. The monoisotopic (exact) mass is 563 g/mol. The minimum Gasteiger partial charge on any atom is -0.383 e. The van der Waals surface area contributed by atoms with Crippen molar-refractivity contribution in [2.75, 3.05) is 29.5 Å². The summed E-state index contributed by atoms with van der Waals surface area (Å²) in [6, 6.07) is 10.7. The van der Waals surface area contributed by atoms with E-state index in [9.17, 15) is 4.21 Å². The van der Waals surface area contributed by atoms with Gasteiger partial charge in [0.05, 0.1) is 28.0 Å². The Hall–Kier alpha value is -2.69. The van der Waals surface area contributed by atoms with Crippen molar-refractivity contribution in [1.82, 2.24) is 19.7 Å². The Balaban J connectivity index is 1.18. The van der Waals surface area contributed by atoms with E-state index in [4.69, 9.17) is 21.4 Å². The van der Waals surface area contributed by atoms with Gasteiger partial charge in [-0.15, -0.1) is 0 Å². The van der Waals surface area contributed by atoms with E-state index in [0.717, 1.165) is 61.5 Å².